The Bertz CT molecular complexity index is 3940. The van der Waals surface area contributed by atoms with Crippen molar-refractivity contribution in [3.05, 3.63) is 0 Å². The summed E-state index contributed by atoms with van der Waals surface area (Å²) in [6, 6.07) is -0.686. The van der Waals surface area contributed by atoms with E-state index in [0.717, 1.165) is 0 Å². The van der Waals surface area contributed by atoms with Crippen molar-refractivity contribution in [1.29, 1.82) is 0 Å². The van der Waals surface area contributed by atoms with Crippen LogP contribution in [0.2, 0.25) is 0 Å². The molecule has 838 valence electrons. The Morgan fingerprint density at radius 2 is 0.650 bits per heavy atom. The Morgan fingerprint density at radius 1 is 0.371 bits per heavy atom. The van der Waals surface area contributed by atoms with Crippen molar-refractivity contribution in [3.63, 3.8) is 0 Å². The molecule has 0 aliphatic carbocycles. The van der Waals surface area contributed by atoms with Crippen LogP contribution >= 0.6 is 37.2 Å². The summed E-state index contributed by atoms with van der Waals surface area (Å²) in [5, 5.41) is 117. The molecule has 0 aromatic carbocycles. The Kier molecular flexibility index (Phi) is 52.9. The molecule has 38 nitrogen and oxygen atoms in total. The first kappa shape index (κ1) is 132. The van der Waals surface area contributed by atoms with Crippen molar-refractivity contribution in [1.82, 2.24) is 14.7 Å². The SMILES string of the molecule is CC[C@H]1OC(=O)[C@H](C)C(=O)[C@H](C)[C@@H](O[C@@H]2O[C@H](C)C[C@H](N(C)C)[C@H]2O)[C@@](C)(OC)C[C@@H](C)C(=NOC)[C@H](C)[C@@H](O)[C@]1(C)O.CC[C@H]1OC(=O)[C@H](C)C(OC2C[C@@](C)(OC)[C@@H](C)[C@H](C)O2)[C@H](C)C(OC2O[C@H](C)CC(N(C)C)C2O)[C@@](C)(OC)C[C@@H](C)C(=NOC)[C@H](C)C(O)[C@]1(C)O.CC[C@H]1OC(=O)[C@H](C)[C@@H](OC)[C@H](C)[C@@H](O[C@@H]2O[C@H](C)C[C@H](N(C)C)[C@H]2O)[C@@](C)(OC)C[C@@H](C)C(=NOC)[C@H](C)[C@@H](O)[C@]1(C)O.II. The fourth-order valence-corrected chi connectivity index (χ4v) is 23.0. The minimum Gasteiger partial charge on any atom is -0.459 e. The quantitative estimate of drug-likeness (QED) is 0.0160. The second kappa shape index (κ2) is 57.2. The maximum Gasteiger partial charge on any atom is 0.316 e. The summed E-state index contributed by atoms with van der Waals surface area (Å²) in [5.74, 6) is -10.6. The molecule has 7 unspecified atom stereocenters. The molecule has 0 bridgehead atoms. The third-order valence-corrected chi connectivity index (χ3v) is 32.6. The van der Waals surface area contributed by atoms with Gasteiger partial charge in [0.2, 0.25) is 0 Å². The van der Waals surface area contributed by atoms with Crippen LogP contribution in [0.1, 0.15) is 251 Å². The highest BCUT2D eigenvalue weighted by molar-refractivity contribution is 15.0. The largest absolute Gasteiger partial charge is 0.459 e. The number of carbonyl (C=O) groups is 4. The van der Waals surface area contributed by atoms with Gasteiger partial charge in [-0.05, 0) is 197 Å². The van der Waals surface area contributed by atoms with Crippen LogP contribution in [0.25, 0.3) is 0 Å². The number of nitrogens with zero attached hydrogens (tertiary/aromatic N) is 6. The van der Waals surface area contributed by atoms with Crippen molar-refractivity contribution in [3.8, 4) is 0 Å². The average Bonchev–Trinajstić information content (AvgIpc) is 0.767. The van der Waals surface area contributed by atoms with Crippen molar-refractivity contribution in [2.45, 2.75) is 444 Å². The van der Waals surface area contributed by atoms with Gasteiger partial charge in [-0.3, -0.25) is 19.2 Å². The normalized spacial score (nSPS) is 46.0. The van der Waals surface area contributed by atoms with Gasteiger partial charge >= 0.3 is 17.9 Å². The van der Waals surface area contributed by atoms with Gasteiger partial charge in [-0.2, -0.15) is 0 Å². The number of carbonyl (C=O) groups excluding carboxylic acids is 4. The van der Waals surface area contributed by atoms with Gasteiger partial charge in [-0.25, -0.2) is 0 Å². The highest BCUT2D eigenvalue weighted by Crippen LogP contribution is 2.48. The molecule has 7 heterocycles. The second-order valence-electron chi connectivity index (χ2n) is 44.0. The summed E-state index contributed by atoms with van der Waals surface area (Å²) >= 11 is 4.24. The molecule has 143 heavy (non-hydrogen) atoms. The summed E-state index contributed by atoms with van der Waals surface area (Å²) < 4.78 is 101. The van der Waals surface area contributed by atoms with E-state index in [2.05, 4.69) is 59.6 Å². The lowest BCUT2D eigenvalue weighted by molar-refractivity contribution is -0.315. The molecular formula is C103H190I2N6O32. The molecule has 0 spiro atoms. The van der Waals surface area contributed by atoms with Gasteiger partial charge in [0.25, 0.3) is 0 Å². The smallest absolute Gasteiger partial charge is 0.316 e. The maximum absolute atomic E-state index is 14.3. The summed E-state index contributed by atoms with van der Waals surface area (Å²) in [6.45, 7) is 48.6. The van der Waals surface area contributed by atoms with Crippen LogP contribution in [0.3, 0.4) is 0 Å². The van der Waals surface area contributed by atoms with E-state index in [4.69, 9.17) is 90.3 Å². The van der Waals surface area contributed by atoms with Gasteiger partial charge in [0.1, 0.15) is 80.7 Å². The number of methoxy groups -OCH3 is 5. The van der Waals surface area contributed by atoms with E-state index in [9.17, 15) is 65.1 Å². The predicted molar refractivity (Wildman–Crippen MR) is 558 cm³/mol. The highest BCUT2D eigenvalue weighted by atomic mass is 128. The molecule has 45 atom stereocenters. The number of Topliss-reactive ketones (excluding diaryl/α,β-unsaturated/α-hetero) is 1. The van der Waals surface area contributed by atoms with Crippen LogP contribution in [0.5, 0.6) is 0 Å². The van der Waals surface area contributed by atoms with Gasteiger partial charge in [0.05, 0.1) is 125 Å². The Hall–Kier alpha value is -3.05. The number of ether oxygens (including phenoxy) is 16. The Morgan fingerprint density at radius 3 is 0.930 bits per heavy atom. The summed E-state index contributed by atoms with van der Waals surface area (Å²) in [6.07, 6.45) is -15.4. The molecule has 7 rings (SSSR count). The molecule has 0 amide bonds. The Balaban J connectivity index is 0.000000447. The molecule has 7 aliphatic heterocycles. The summed E-state index contributed by atoms with van der Waals surface area (Å²) in [5.41, 5.74) is -7.99. The number of halogens is 2. The van der Waals surface area contributed by atoms with Crippen molar-refractivity contribution >= 4 is 78.1 Å². The fraction of sp³-hybridized carbons (Fsp3) is 0.932. The highest BCUT2D eigenvalue weighted by Gasteiger charge is 2.59. The van der Waals surface area contributed by atoms with E-state index < -0.39 is 233 Å². The van der Waals surface area contributed by atoms with Crippen molar-refractivity contribution < 1.29 is 155 Å². The second-order valence-corrected chi connectivity index (χ2v) is 44.0. The molecule has 0 aromatic rings. The van der Waals surface area contributed by atoms with Gasteiger partial charge < -0.3 is 151 Å². The first-order valence-corrected chi connectivity index (χ1v) is 57.4. The summed E-state index contributed by atoms with van der Waals surface area (Å²) in [4.78, 5) is 76.7. The number of esters is 3. The van der Waals surface area contributed by atoms with Crippen LogP contribution in [-0.2, 0) is 109 Å². The molecule has 0 saturated carbocycles. The van der Waals surface area contributed by atoms with Gasteiger partial charge in [0, 0.05) is 157 Å². The van der Waals surface area contributed by atoms with E-state index >= 15 is 0 Å². The Labute approximate surface area is 877 Å². The molecule has 7 aliphatic rings. The molecule has 40 heteroatoms. The zero-order chi connectivity index (χ0) is 110. The van der Waals surface area contributed by atoms with Gasteiger partial charge in [-0.15, -0.1) is 0 Å². The van der Waals surface area contributed by atoms with E-state index in [1.165, 1.54) is 63.2 Å². The lowest BCUT2D eigenvalue weighted by Gasteiger charge is -2.50. The van der Waals surface area contributed by atoms with E-state index in [-0.39, 0.29) is 86.0 Å². The van der Waals surface area contributed by atoms with E-state index in [0.29, 0.717) is 55.7 Å². The van der Waals surface area contributed by atoms with Crippen LogP contribution in [0.15, 0.2) is 15.5 Å². The number of hydrogen-bond donors (Lipinski definition) is 9. The van der Waals surface area contributed by atoms with E-state index in [1.54, 1.807) is 90.6 Å². The minimum atomic E-state index is -1.86. The third-order valence-electron chi connectivity index (χ3n) is 32.6. The van der Waals surface area contributed by atoms with E-state index in [1.807, 2.05) is 140 Å². The number of aliphatic hydroxyl groups is 9. The van der Waals surface area contributed by atoms with Gasteiger partial charge in [-0.1, -0.05) is 105 Å². The lowest BCUT2D eigenvalue weighted by atomic mass is 9.73. The van der Waals surface area contributed by atoms with Gasteiger partial charge in [0.15, 0.2) is 30.9 Å². The number of aliphatic hydroxyl groups excluding tert-OH is 6. The topological polar surface area (TPSA) is 473 Å². The van der Waals surface area contributed by atoms with Crippen LogP contribution in [0, 0.1) is 76.9 Å². The molecule has 0 radical (unpaired) electrons. The monoisotopic (exact) mass is 2280 g/mol. The zero-order valence-corrected chi connectivity index (χ0v) is 98.2. The molecule has 0 aromatic heterocycles. The molecule has 7 saturated heterocycles. The summed E-state index contributed by atoms with van der Waals surface area (Å²) in [7, 11) is 23.5. The fourth-order valence-electron chi connectivity index (χ4n) is 23.0. The zero-order valence-electron chi connectivity index (χ0n) is 93.9. The maximum atomic E-state index is 14.3. The first-order chi connectivity index (χ1) is 66.3. The lowest BCUT2D eigenvalue weighted by Crippen LogP contribution is -2.61. The molecule has 9 N–H and O–H groups in total. The number of likely N-dealkylation sites (N-methyl/N-ethyl adjacent to an activating group) is 3. The predicted octanol–water partition coefficient (Wildman–Crippen LogP) is 10.7. The van der Waals surface area contributed by atoms with Crippen LogP contribution < -0.4 is 0 Å². The number of rotatable bonds is 22. The molecular weight excluding hydrogens is 2090 g/mol. The van der Waals surface area contributed by atoms with Crippen molar-refractivity contribution in [2.75, 3.05) is 99.2 Å². The number of hydrogen-bond acceptors (Lipinski definition) is 38. The van der Waals surface area contributed by atoms with Crippen LogP contribution in [-0.4, -0.2) is 393 Å². The van der Waals surface area contributed by atoms with Crippen LogP contribution in [0.4, 0.5) is 0 Å². The van der Waals surface area contributed by atoms with Crippen molar-refractivity contribution in [2.24, 2.45) is 92.4 Å². The third kappa shape index (κ3) is 31.9. The number of ketones is 1. The number of oxime groups is 3. The standard InChI is InChI=1S/C40H74N2O12.C32H60N2O10.C31H56N2O10.I2/c1-17-29-40(11,46)34(44)23(4)31(41-49-16)21(2)19-39(10,48-15)35(54-37-32(43)28(42(12)13)18-22(3)50-37)24(5)33(25(6)36(45)52-29)53-30-20-38(9,47-14)26(7)27(8)51-30;1-14-23-32(8,38)27(36)19(4)24(33-41-13)17(2)16-31(7,40-12)28(20(5)26(39-11)21(6)29(37)43-23)44-30-25(35)22(34(9)10)15-18(3)42-30;1-13-22-31(8,38)26(36)18(4)23(32-40-12)16(2)15-30(7,39-11)27(19(5)24(34)20(6)28(37)42-22)43-29-25(35)21(33(9)10)14-17(3)41-29;1-2/h21-30,32-35,37,43-44,46H,17-20H2,1-16H3;17-23,25-28,30,35-36,38H,14-16H2,1-13H3;16-22,25-27,29,35-36,38H,13-15H2,1-12H3;/t21-,22-,23+,24+,25-,26+,27+,28?,29-,30?,32?,33?,34?,35?,37?,38-,39+,40-;17-,18-,19+,20+,21-,22+,23-,25-,26+,27-,28-,30+,31+,32-;16-,17-,18+,19+,20-,21+,22-,25-,26-,27-,29+,30+,31-;/m111./s1. The first-order valence-electron chi connectivity index (χ1n) is 51.2. The minimum absolute atomic E-state index is 0.0569. The molecule has 7 fully saturated rings. The number of cyclic esters (lactones) is 3. The average molecular weight is 2280 g/mol.